The van der Waals surface area contributed by atoms with Gasteiger partial charge in [-0.05, 0) is 25.5 Å². The maximum Gasteiger partial charge on any atom is 0.123 e. The normalized spacial score (nSPS) is 21.1. The van der Waals surface area contributed by atoms with Crippen molar-refractivity contribution in [3.05, 3.63) is 29.3 Å². The molecular weight excluding hydrogens is 242 g/mol. The van der Waals surface area contributed by atoms with Crippen molar-refractivity contribution in [2.75, 3.05) is 33.5 Å². The maximum atomic E-state index is 5.62. The predicted molar refractivity (Wildman–Crippen MR) is 74.7 cm³/mol. The third kappa shape index (κ3) is 3.93. The largest absolute Gasteiger partial charge is 0.496 e. The Balaban J connectivity index is 1.93. The summed E-state index contributed by atoms with van der Waals surface area (Å²) in [6.07, 6.45) is 0.146. The zero-order valence-corrected chi connectivity index (χ0v) is 11.9. The highest BCUT2D eigenvalue weighted by Crippen LogP contribution is 2.26. The highest BCUT2D eigenvalue weighted by atomic mass is 16.6. The molecule has 1 saturated heterocycles. The fraction of sp³-hybridized carbons (Fsp3) is 0.600. The summed E-state index contributed by atoms with van der Waals surface area (Å²) >= 11 is 0. The summed E-state index contributed by atoms with van der Waals surface area (Å²) in [6.45, 7) is 7.06. The van der Waals surface area contributed by atoms with Crippen molar-refractivity contribution < 1.29 is 14.2 Å². The first-order valence-electron chi connectivity index (χ1n) is 6.78. The fourth-order valence-corrected chi connectivity index (χ4v) is 2.25. The SMILES string of the molecule is COc1cc(C)ccc1C(C)NCC1COCCO1. The lowest BCUT2D eigenvalue weighted by Gasteiger charge is -2.25. The summed E-state index contributed by atoms with van der Waals surface area (Å²) in [6, 6.07) is 6.51. The van der Waals surface area contributed by atoms with Crippen LogP contribution in [0.1, 0.15) is 24.1 Å². The van der Waals surface area contributed by atoms with Crippen molar-refractivity contribution in [3.63, 3.8) is 0 Å². The first-order valence-corrected chi connectivity index (χ1v) is 6.78. The first kappa shape index (κ1) is 14.3. The van der Waals surface area contributed by atoms with Gasteiger partial charge < -0.3 is 19.5 Å². The second kappa shape index (κ2) is 6.89. The van der Waals surface area contributed by atoms with Gasteiger partial charge in [-0.1, -0.05) is 12.1 Å². The lowest BCUT2D eigenvalue weighted by molar-refractivity contribution is -0.0869. The molecule has 4 nitrogen and oxygen atoms in total. The number of methoxy groups -OCH3 is 1. The second-order valence-electron chi connectivity index (χ2n) is 4.94. The molecule has 1 heterocycles. The molecule has 2 atom stereocenters. The van der Waals surface area contributed by atoms with Gasteiger partial charge in [0.2, 0.25) is 0 Å². The van der Waals surface area contributed by atoms with Gasteiger partial charge in [-0.25, -0.2) is 0 Å². The summed E-state index contributed by atoms with van der Waals surface area (Å²) in [5, 5.41) is 3.48. The Labute approximate surface area is 115 Å². The fourth-order valence-electron chi connectivity index (χ4n) is 2.25. The van der Waals surface area contributed by atoms with Crippen LogP contribution in [-0.4, -0.2) is 39.6 Å². The summed E-state index contributed by atoms with van der Waals surface area (Å²) in [5.41, 5.74) is 2.38. The average molecular weight is 265 g/mol. The van der Waals surface area contributed by atoms with Crippen molar-refractivity contribution in [1.29, 1.82) is 0 Å². The summed E-state index contributed by atoms with van der Waals surface area (Å²) < 4.78 is 16.5. The van der Waals surface area contributed by atoms with Gasteiger partial charge >= 0.3 is 0 Å². The van der Waals surface area contributed by atoms with Crippen LogP contribution in [0.3, 0.4) is 0 Å². The topological polar surface area (TPSA) is 39.7 Å². The molecule has 106 valence electrons. The van der Waals surface area contributed by atoms with Gasteiger partial charge in [-0.15, -0.1) is 0 Å². The van der Waals surface area contributed by atoms with Crippen LogP contribution >= 0.6 is 0 Å². The monoisotopic (exact) mass is 265 g/mol. The van der Waals surface area contributed by atoms with E-state index in [1.165, 1.54) is 11.1 Å². The molecule has 1 aliphatic rings. The van der Waals surface area contributed by atoms with E-state index in [2.05, 4.69) is 37.4 Å². The first-order chi connectivity index (χ1) is 9.20. The lowest BCUT2D eigenvalue weighted by Crippen LogP contribution is -2.38. The van der Waals surface area contributed by atoms with Crippen LogP contribution in [0, 0.1) is 6.92 Å². The Morgan fingerprint density at radius 3 is 2.95 bits per heavy atom. The smallest absolute Gasteiger partial charge is 0.123 e. The highest BCUT2D eigenvalue weighted by Gasteiger charge is 2.17. The van der Waals surface area contributed by atoms with Gasteiger partial charge in [0, 0.05) is 18.2 Å². The molecule has 19 heavy (non-hydrogen) atoms. The Bertz CT molecular complexity index is 402. The molecule has 1 aromatic rings. The minimum absolute atomic E-state index is 0.146. The van der Waals surface area contributed by atoms with Gasteiger partial charge in [-0.2, -0.15) is 0 Å². The van der Waals surface area contributed by atoms with Crippen molar-refractivity contribution in [1.82, 2.24) is 5.32 Å². The Morgan fingerprint density at radius 1 is 1.42 bits per heavy atom. The van der Waals surface area contributed by atoms with E-state index in [0.717, 1.165) is 12.3 Å². The standard InChI is InChI=1S/C15H23NO3/c1-11-4-5-14(15(8-11)17-3)12(2)16-9-13-10-18-6-7-19-13/h4-5,8,12-13,16H,6-7,9-10H2,1-3H3. The molecule has 0 amide bonds. The predicted octanol–water partition coefficient (Wildman–Crippen LogP) is 2.07. The van der Waals surface area contributed by atoms with Crippen LogP contribution < -0.4 is 10.1 Å². The minimum atomic E-state index is 0.146. The minimum Gasteiger partial charge on any atom is -0.496 e. The lowest BCUT2D eigenvalue weighted by atomic mass is 10.0. The van der Waals surface area contributed by atoms with Crippen LogP contribution in [0.25, 0.3) is 0 Å². The second-order valence-corrected chi connectivity index (χ2v) is 4.94. The summed E-state index contributed by atoms with van der Waals surface area (Å²) in [4.78, 5) is 0. The van der Waals surface area contributed by atoms with E-state index in [-0.39, 0.29) is 12.1 Å². The molecule has 4 heteroatoms. The van der Waals surface area contributed by atoms with Crippen LogP contribution in [0.15, 0.2) is 18.2 Å². The van der Waals surface area contributed by atoms with Gasteiger partial charge in [0.15, 0.2) is 0 Å². The summed E-state index contributed by atoms with van der Waals surface area (Å²) in [5.74, 6) is 0.931. The molecule has 1 N–H and O–H groups in total. The number of rotatable bonds is 5. The number of nitrogens with one attached hydrogen (secondary N) is 1. The molecule has 1 aromatic carbocycles. The highest BCUT2D eigenvalue weighted by molar-refractivity contribution is 5.39. The Morgan fingerprint density at radius 2 is 2.26 bits per heavy atom. The molecule has 0 radical (unpaired) electrons. The quantitative estimate of drug-likeness (QED) is 0.884. The molecule has 1 fully saturated rings. The zero-order valence-electron chi connectivity index (χ0n) is 11.9. The van der Waals surface area contributed by atoms with Crippen LogP contribution in [0.5, 0.6) is 5.75 Å². The van der Waals surface area contributed by atoms with E-state index in [9.17, 15) is 0 Å². The average Bonchev–Trinajstić information content (AvgIpc) is 2.45. The van der Waals surface area contributed by atoms with E-state index >= 15 is 0 Å². The van der Waals surface area contributed by atoms with Crippen LogP contribution in [0.2, 0.25) is 0 Å². The molecule has 2 rings (SSSR count). The third-order valence-electron chi connectivity index (χ3n) is 3.39. The van der Waals surface area contributed by atoms with E-state index in [4.69, 9.17) is 14.2 Å². The zero-order chi connectivity index (χ0) is 13.7. The Kier molecular flexibility index (Phi) is 5.19. The van der Waals surface area contributed by atoms with E-state index in [1.54, 1.807) is 7.11 Å². The van der Waals surface area contributed by atoms with Crippen molar-refractivity contribution in [2.45, 2.75) is 26.0 Å². The molecule has 0 bridgehead atoms. The van der Waals surface area contributed by atoms with Gasteiger partial charge in [0.05, 0.1) is 33.0 Å². The molecule has 0 saturated carbocycles. The molecule has 0 spiro atoms. The molecule has 1 aliphatic heterocycles. The van der Waals surface area contributed by atoms with Crippen molar-refractivity contribution >= 4 is 0 Å². The van der Waals surface area contributed by atoms with Gasteiger partial charge in [0.1, 0.15) is 5.75 Å². The molecule has 2 unspecified atom stereocenters. The van der Waals surface area contributed by atoms with E-state index < -0.39 is 0 Å². The number of hydrogen-bond acceptors (Lipinski definition) is 4. The Hall–Kier alpha value is -1.10. The van der Waals surface area contributed by atoms with E-state index in [1.807, 2.05) is 0 Å². The molecular formula is C15H23NO3. The van der Waals surface area contributed by atoms with Crippen molar-refractivity contribution in [3.8, 4) is 5.75 Å². The third-order valence-corrected chi connectivity index (χ3v) is 3.39. The van der Waals surface area contributed by atoms with Crippen LogP contribution in [0.4, 0.5) is 0 Å². The number of hydrogen-bond donors (Lipinski definition) is 1. The maximum absolute atomic E-state index is 5.62. The summed E-state index contributed by atoms with van der Waals surface area (Å²) in [7, 11) is 1.71. The molecule has 0 aliphatic carbocycles. The number of ether oxygens (including phenoxy) is 3. The number of benzene rings is 1. The van der Waals surface area contributed by atoms with Crippen molar-refractivity contribution in [2.24, 2.45) is 0 Å². The number of aryl methyl sites for hydroxylation is 1. The van der Waals surface area contributed by atoms with E-state index in [0.29, 0.717) is 19.8 Å². The molecule has 0 aromatic heterocycles. The van der Waals surface area contributed by atoms with Crippen LogP contribution in [-0.2, 0) is 9.47 Å². The van der Waals surface area contributed by atoms with Gasteiger partial charge in [0.25, 0.3) is 0 Å². The van der Waals surface area contributed by atoms with Gasteiger partial charge in [-0.3, -0.25) is 0 Å².